The summed E-state index contributed by atoms with van der Waals surface area (Å²) in [6, 6.07) is 4.84. The first-order chi connectivity index (χ1) is 7.08. The summed E-state index contributed by atoms with van der Waals surface area (Å²) in [6.07, 6.45) is 0.0290. The molecular weight excluding hydrogens is 237 g/mol. The van der Waals surface area contributed by atoms with Crippen LogP contribution in [0.1, 0.15) is 11.1 Å². The van der Waals surface area contributed by atoms with Crippen LogP contribution in [0.15, 0.2) is 12.1 Å². The molecule has 5 heteroatoms. The number of carbonyl (C=O) groups is 1. The second kappa shape index (κ2) is 5.01. The maximum absolute atomic E-state index is 11.0. The summed E-state index contributed by atoms with van der Waals surface area (Å²) in [5, 5.41) is 9.36. The molecule has 0 aliphatic rings. The summed E-state index contributed by atoms with van der Waals surface area (Å²) in [4.78, 5) is 11.0. The number of halogens is 2. The Kier molecular flexibility index (Phi) is 3.96. The average Bonchev–Trinajstić information content (AvgIpc) is 2.21. The summed E-state index contributed by atoms with van der Waals surface area (Å²) in [7, 11) is 1.29. The molecule has 0 aliphatic heterocycles. The number of ether oxygens (including phenoxy) is 1. The lowest BCUT2D eigenvalue weighted by molar-refractivity contribution is -0.139. The van der Waals surface area contributed by atoms with Crippen molar-refractivity contribution >= 4 is 29.2 Å². The highest BCUT2D eigenvalue weighted by molar-refractivity contribution is 6.35. The molecule has 0 spiro atoms. The van der Waals surface area contributed by atoms with Gasteiger partial charge in [0.05, 0.1) is 24.1 Å². The van der Waals surface area contributed by atoms with E-state index in [1.54, 1.807) is 0 Å². The Morgan fingerprint density at radius 2 is 2.13 bits per heavy atom. The van der Waals surface area contributed by atoms with Crippen LogP contribution in [0.2, 0.25) is 10.0 Å². The number of rotatable bonds is 2. The van der Waals surface area contributed by atoms with Crippen molar-refractivity contribution in [2.24, 2.45) is 0 Å². The van der Waals surface area contributed by atoms with Gasteiger partial charge in [0.25, 0.3) is 0 Å². The van der Waals surface area contributed by atoms with Crippen LogP contribution in [0.25, 0.3) is 0 Å². The molecule has 0 saturated heterocycles. The van der Waals surface area contributed by atoms with E-state index in [0.717, 1.165) is 0 Å². The van der Waals surface area contributed by atoms with E-state index in [1.807, 2.05) is 6.07 Å². The number of benzene rings is 1. The zero-order valence-corrected chi connectivity index (χ0v) is 9.39. The van der Waals surface area contributed by atoms with Gasteiger partial charge in [0, 0.05) is 5.02 Å². The summed E-state index contributed by atoms with van der Waals surface area (Å²) < 4.78 is 4.50. The van der Waals surface area contributed by atoms with Crippen LogP contribution in [0.5, 0.6) is 0 Å². The first kappa shape index (κ1) is 11.8. The number of esters is 1. The van der Waals surface area contributed by atoms with E-state index in [1.165, 1.54) is 19.2 Å². The number of carbonyl (C=O) groups excluding carboxylic acids is 1. The molecule has 1 aromatic carbocycles. The second-order valence-corrected chi connectivity index (χ2v) is 3.60. The minimum atomic E-state index is -0.414. The topological polar surface area (TPSA) is 50.1 Å². The smallest absolute Gasteiger partial charge is 0.310 e. The molecule has 0 atom stereocenters. The van der Waals surface area contributed by atoms with Crippen LogP contribution in [-0.4, -0.2) is 13.1 Å². The molecule has 0 unspecified atom stereocenters. The predicted octanol–water partition coefficient (Wildman–Crippen LogP) is 2.58. The third kappa shape index (κ3) is 2.85. The summed E-state index contributed by atoms with van der Waals surface area (Å²) in [6.45, 7) is 0. The summed E-state index contributed by atoms with van der Waals surface area (Å²) in [5.74, 6) is -0.414. The van der Waals surface area contributed by atoms with E-state index in [4.69, 9.17) is 28.5 Å². The van der Waals surface area contributed by atoms with Gasteiger partial charge in [-0.1, -0.05) is 23.2 Å². The van der Waals surface area contributed by atoms with Gasteiger partial charge in [0.15, 0.2) is 0 Å². The standard InChI is InChI=1S/C10H7Cl2NO2/c1-15-10(14)3-6-2-7(5-13)9(12)4-8(6)11/h2,4H,3H2,1H3. The number of hydrogen-bond acceptors (Lipinski definition) is 3. The van der Waals surface area contributed by atoms with Crippen molar-refractivity contribution in [1.82, 2.24) is 0 Å². The van der Waals surface area contributed by atoms with Crippen LogP contribution < -0.4 is 0 Å². The molecule has 0 bridgehead atoms. The SMILES string of the molecule is COC(=O)Cc1cc(C#N)c(Cl)cc1Cl. The molecule has 0 N–H and O–H groups in total. The molecule has 78 valence electrons. The van der Waals surface area contributed by atoms with Crippen LogP contribution in [0, 0.1) is 11.3 Å². The molecule has 0 saturated carbocycles. The Balaban J connectivity index is 3.09. The molecule has 0 radical (unpaired) electrons. The lowest BCUT2D eigenvalue weighted by Gasteiger charge is -2.04. The van der Waals surface area contributed by atoms with E-state index < -0.39 is 5.97 Å². The maximum Gasteiger partial charge on any atom is 0.310 e. The molecule has 0 aliphatic carbocycles. The zero-order chi connectivity index (χ0) is 11.4. The molecule has 0 aromatic heterocycles. The first-order valence-electron chi connectivity index (χ1n) is 4.03. The van der Waals surface area contributed by atoms with Gasteiger partial charge < -0.3 is 4.74 Å². The van der Waals surface area contributed by atoms with Gasteiger partial charge in [0.2, 0.25) is 0 Å². The maximum atomic E-state index is 11.0. The Morgan fingerprint density at radius 1 is 1.47 bits per heavy atom. The van der Waals surface area contributed by atoms with Gasteiger partial charge in [-0.3, -0.25) is 4.79 Å². The minimum absolute atomic E-state index is 0.0290. The van der Waals surface area contributed by atoms with Gasteiger partial charge in [-0.25, -0.2) is 0 Å². The molecule has 0 heterocycles. The Hall–Kier alpha value is -1.24. The second-order valence-electron chi connectivity index (χ2n) is 2.79. The number of hydrogen-bond donors (Lipinski definition) is 0. The van der Waals surface area contributed by atoms with Crippen molar-refractivity contribution in [3.05, 3.63) is 33.3 Å². The van der Waals surface area contributed by atoms with Crippen LogP contribution in [-0.2, 0) is 16.0 Å². The van der Waals surface area contributed by atoms with E-state index in [2.05, 4.69) is 4.74 Å². The molecular formula is C10H7Cl2NO2. The van der Waals surface area contributed by atoms with E-state index >= 15 is 0 Å². The van der Waals surface area contributed by atoms with Gasteiger partial charge in [0.1, 0.15) is 6.07 Å². The Bertz CT molecular complexity index is 438. The molecule has 15 heavy (non-hydrogen) atoms. The molecule has 3 nitrogen and oxygen atoms in total. The van der Waals surface area contributed by atoms with Crippen molar-refractivity contribution in [2.45, 2.75) is 6.42 Å². The van der Waals surface area contributed by atoms with Crippen LogP contribution in [0.4, 0.5) is 0 Å². The lowest BCUT2D eigenvalue weighted by Crippen LogP contribution is -2.05. The van der Waals surface area contributed by atoms with E-state index in [9.17, 15) is 4.79 Å². The quantitative estimate of drug-likeness (QED) is 0.751. The van der Waals surface area contributed by atoms with Crippen molar-refractivity contribution in [3.63, 3.8) is 0 Å². The summed E-state index contributed by atoms with van der Waals surface area (Å²) >= 11 is 11.6. The molecule has 1 aromatic rings. The van der Waals surface area contributed by atoms with Gasteiger partial charge in [-0.05, 0) is 17.7 Å². The molecule has 1 rings (SSSR count). The minimum Gasteiger partial charge on any atom is -0.469 e. The van der Waals surface area contributed by atoms with Crippen molar-refractivity contribution in [3.8, 4) is 6.07 Å². The summed E-state index contributed by atoms with van der Waals surface area (Å²) in [5.41, 5.74) is 0.824. The van der Waals surface area contributed by atoms with Crippen molar-refractivity contribution < 1.29 is 9.53 Å². The third-order valence-electron chi connectivity index (χ3n) is 1.82. The largest absolute Gasteiger partial charge is 0.469 e. The average molecular weight is 244 g/mol. The predicted molar refractivity (Wildman–Crippen MR) is 56.9 cm³/mol. The van der Waals surface area contributed by atoms with Crippen molar-refractivity contribution in [1.29, 1.82) is 5.26 Å². The Labute approximate surface area is 97.2 Å². The van der Waals surface area contributed by atoms with Crippen molar-refractivity contribution in [2.75, 3.05) is 7.11 Å². The normalized spacial score (nSPS) is 9.47. The number of nitriles is 1. The number of methoxy groups -OCH3 is 1. The van der Waals surface area contributed by atoms with Gasteiger partial charge in [-0.15, -0.1) is 0 Å². The fraction of sp³-hybridized carbons (Fsp3) is 0.200. The van der Waals surface area contributed by atoms with Gasteiger partial charge >= 0.3 is 5.97 Å². The number of nitrogens with zero attached hydrogens (tertiary/aromatic N) is 1. The zero-order valence-electron chi connectivity index (χ0n) is 7.88. The fourth-order valence-corrected chi connectivity index (χ4v) is 1.53. The van der Waals surface area contributed by atoms with Gasteiger partial charge in [-0.2, -0.15) is 5.26 Å². The lowest BCUT2D eigenvalue weighted by atomic mass is 10.1. The van der Waals surface area contributed by atoms with Crippen LogP contribution in [0.3, 0.4) is 0 Å². The molecule has 0 amide bonds. The van der Waals surface area contributed by atoms with Crippen LogP contribution >= 0.6 is 23.2 Å². The highest BCUT2D eigenvalue weighted by Gasteiger charge is 2.10. The van der Waals surface area contributed by atoms with E-state index in [-0.39, 0.29) is 11.4 Å². The Morgan fingerprint density at radius 3 is 2.67 bits per heavy atom. The monoisotopic (exact) mass is 243 g/mol. The van der Waals surface area contributed by atoms with E-state index in [0.29, 0.717) is 16.1 Å². The molecule has 0 fully saturated rings. The first-order valence-corrected chi connectivity index (χ1v) is 4.79. The fourth-order valence-electron chi connectivity index (χ4n) is 1.04. The third-order valence-corrected chi connectivity index (χ3v) is 2.48. The highest BCUT2D eigenvalue weighted by atomic mass is 35.5. The highest BCUT2D eigenvalue weighted by Crippen LogP contribution is 2.25.